The van der Waals surface area contributed by atoms with Crippen LogP contribution in [0.3, 0.4) is 0 Å². The molecule has 0 aromatic carbocycles. The number of hydrogen-bond donors (Lipinski definition) is 2. The van der Waals surface area contributed by atoms with E-state index in [4.69, 9.17) is 4.74 Å². The van der Waals surface area contributed by atoms with Gasteiger partial charge in [-0.05, 0) is 51.6 Å². The Bertz CT molecular complexity index is 230. The van der Waals surface area contributed by atoms with E-state index in [1.807, 2.05) is 0 Å². The van der Waals surface area contributed by atoms with Gasteiger partial charge in [-0.3, -0.25) is 0 Å². The third kappa shape index (κ3) is 2.32. The Morgan fingerprint density at radius 2 is 2.07 bits per heavy atom. The van der Waals surface area contributed by atoms with E-state index in [0.717, 1.165) is 32.4 Å². The fourth-order valence-corrected chi connectivity index (χ4v) is 2.23. The van der Waals surface area contributed by atoms with Gasteiger partial charge in [0.1, 0.15) is 0 Å². The highest BCUT2D eigenvalue weighted by atomic mass is 16.5. The van der Waals surface area contributed by atoms with Crippen LogP contribution in [0, 0.1) is 0 Å². The molecule has 2 N–H and O–H groups in total. The lowest BCUT2D eigenvalue weighted by atomic mass is 9.90. The normalized spacial score (nSPS) is 33.1. The van der Waals surface area contributed by atoms with Crippen molar-refractivity contribution in [3.63, 3.8) is 0 Å². The molecule has 1 aliphatic carbocycles. The van der Waals surface area contributed by atoms with Gasteiger partial charge in [0, 0.05) is 0 Å². The zero-order valence-corrected chi connectivity index (χ0v) is 9.00. The van der Waals surface area contributed by atoms with Gasteiger partial charge in [-0.2, -0.15) is 0 Å². The Balaban J connectivity index is 2.02. The van der Waals surface area contributed by atoms with Crippen LogP contribution in [-0.4, -0.2) is 35.9 Å². The van der Waals surface area contributed by atoms with Gasteiger partial charge in [0.15, 0.2) is 5.60 Å². The first kappa shape index (κ1) is 10.9. The Hall–Kier alpha value is -0.610. The summed E-state index contributed by atoms with van der Waals surface area (Å²) in [5.74, 6) is -0.780. The third-order valence-electron chi connectivity index (χ3n) is 3.47. The number of rotatable bonds is 3. The van der Waals surface area contributed by atoms with Gasteiger partial charge in [-0.1, -0.05) is 0 Å². The molecule has 0 spiro atoms. The van der Waals surface area contributed by atoms with Crippen LogP contribution in [0.4, 0.5) is 0 Å². The molecule has 1 aliphatic heterocycles. The molecule has 1 heterocycles. The van der Waals surface area contributed by atoms with Crippen LogP contribution in [0.5, 0.6) is 0 Å². The number of carboxylic acid groups (broad SMARTS) is 1. The van der Waals surface area contributed by atoms with E-state index in [-0.39, 0.29) is 6.10 Å². The summed E-state index contributed by atoms with van der Waals surface area (Å²) >= 11 is 0. The van der Waals surface area contributed by atoms with Crippen molar-refractivity contribution in [1.29, 1.82) is 0 Å². The number of hydrogen-bond acceptors (Lipinski definition) is 3. The third-order valence-corrected chi connectivity index (χ3v) is 3.47. The zero-order chi connectivity index (χ0) is 10.7. The molecule has 1 saturated heterocycles. The lowest BCUT2D eigenvalue weighted by molar-refractivity contribution is -0.182. The second-order valence-electron chi connectivity index (χ2n) is 4.57. The molecular formula is C11H19NO3. The van der Waals surface area contributed by atoms with Crippen molar-refractivity contribution in [2.24, 2.45) is 0 Å². The predicted octanol–water partition coefficient (Wildman–Crippen LogP) is 1.15. The molecule has 1 atom stereocenters. The smallest absolute Gasteiger partial charge is 0.336 e. The van der Waals surface area contributed by atoms with Crippen LogP contribution < -0.4 is 5.32 Å². The monoisotopic (exact) mass is 213 g/mol. The highest BCUT2D eigenvalue weighted by Gasteiger charge is 2.42. The molecule has 2 aliphatic rings. The molecule has 0 bridgehead atoms. The molecule has 0 amide bonds. The quantitative estimate of drug-likeness (QED) is 0.738. The maximum absolute atomic E-state index is 11.4. The van der Waals surface area contributed by atoms with Crippen LogP contribution >= 0.6 is 0 Å². The Labute approximate surface area is 90.0 Å². The summed E-state index contributed by atoms with van der Waals surface area (Å²) in [6, 6.07) is 0. The summed E-state index contributed by atoms with van der Waals surface area (Å²) in [5, 5.41) is 12.6. The lowest BCUT2D eigenvalue weighted by Crippen LogP contribution is -2.46. The van der Waals surface area contributed by atoms with E-state index in [0.29, 0.717) is 12.8 Å². The van der Waals surface area contributed by atoms with E-state index in [9.17, 15) is 9.90 Å². The molecule has 0 aromatic heterocycles. The van der Waals surface area contributed by atoms with Crippen molar-refractivity contribution < 1.29 is 14.6 Å². The average Bonchev–Trinajstić information content (AvgIpc) is 2.37. The van der Waals surface area contributed by atoms with Crippen LogP contribution in [-0.2, 0) is 9.53 Å². The molecule has 4 heteroatoms. The minimum atomic E-state index is -0.908. The van der Waals surface area contributed by atoms with Gasteiger partial charge < -0.3 is 15.2 Å². The molecule has 2 rings (SSSR count). The molecule has 15 heavy (non-hydrogen) atoms. The second kappa shape index (κ2) is 4.49. The maximum atomic E-state index is 11.4. The van der Waals surface area contributed by atoms with Gasteiger partial charge in [0.2, 0.25) is 0 Å². The molecule has 86 valence electrons. The van der Waals surface area contributed by atoms with Crippen molar-refractivity contribution in [3.8, 4) is 0 Å². The number of carboxylic acids is 1. The van der Waals surface area contributed by atoms with Crippen LogP contribution in [0.25, 0.3) is 0 Å². The highest BCUT2D eigenvalue weighted by Crippen LogP contribution is 2.32. The van der Waals surface area contributed by atoms with E-state index < -0.39 is 11.6 Å². The summed E-state index contributed by atoms with van der Waals surface area (Å²) in [7, 11) is 0. The Kier molecular flexibility index (Phi) is 3.26. The molecule has 1 saturated carbocycles. The first-order valence-electron chi connectivity index (χ1n) is 5.85. The number of aliphatic carboxylic acids is 1. The molecule has 0 radical (unpaired) electrons. The van der Waals surface area contributed by atoms with E-state index in [1.54, 1.807) is 0 Å². The first-order valence-corrected chi connectivity index (χ1v) is 5.85. The second-order valence-corrected chi connectivity index (χ2v) is 4.57. The van der Waals surface area contributed by atoms with E-state index in [2.05, 4.69) is 5.32 Å². The summed E-state index contributed by atoms with van der Waals surface area (Å²) in [6.45, 7) is 1.65. The van der Waals surface area contributed by atoms with Crippen molar-refractivity contribution in [3.05, 3.63) is 0 Å². The summed E-state index contributed by atoms with van der Waals surface area (Å²) < 4.78 is 5.82. The summed E-state index contributed by atoms with van der Waals surface area (Å²) in [6.07, 6.45) is 5.56. The minimum absolute atomic E-state index is 0.194. The fourth-order valence-electron chi connectivity index (χ4n) is 2.23. The maximum Gasteiger partial charge on any atom is 0.336 e. The molecule has 2 fully saturated rings. The molecule has 0 aromatic rings. The van der Waals surface area contributed by atoms with Gasteiger partial charge in [0.05, 0.1) is 6.10 Å². The van der Waals surface area contributed by atoms with Gasteiger partial charge in [0.25, 0.3) is 0 Å². The molecule has 4 nitrogen and oxygen atoms in total. The largest absolute Gasteiger partial charge is 0.479 e. The Morgan fingerprint density at radius 1 is 1.27 bits per heavy atom. The van der Waals surface area contributed by atoms with Gasteiger partial charge >= 0.3 is 5.97 Å². The van der Waals surface area contributed by atoms with Crippen molar-refractivity contribution in [2.75, 3.05) is 13.1 Å². The van der Waals surface area contributed by atoms with Crippen LogP contribution in [0.2, 0.25) is 0 Å². The van der Waals surface area contributed by atoms with Crippen molar-refractivity contribution in [2.45, 2.75) is 50.2 Å². The number of nitrogens with one attached hydrogen (secondary N) is 1. The minimum Gasteiger partial charge on any atom is -0.479 e. The topological polar surface area (TPSA) is 58.6 Å². The van der Waals surface area contributed by atoms with Gasteiger partial charge in [-0.15, -0.1) is 0 Å². The highest BCUT2D eigenvalue weighted by molar-refractivity contribution is 5.77. The molecular weight excluding hydrogens is 194 g/mol. The van der Waals surface area contributed by atoms with Crippen LogP contribution in [0.1, 0.15) is 38.5 Å². The Morgan fingerprint density at radius 3 is 2.67 bits per heavy atom. The summed E-state index contributed by atoms with van der Waals surface area (Å²) in [4.78, 5) is 11.4. The zero-order valence-electron chi connectivity index (χ0n) is 9.00. The van der Waals surface area contributed by atoms with Crippen molar-refractivity contribution in [1.82, 2.24) is 5.32 Å². The van der Waals surface area contributed by atoms with E-state index in [1.165, 1.54) is 6.42 Å². The predicted molar refractivity (Wildman–Crippen MR) is 55.8 cm³/mol. The fraction of sp³-hybridized carbons (Fsp3) is 0.909. The van der Waals surface area contributed by atoms with E-state index >= 15 is 0 Å². The van der Waals surface area contributed by atoms with Crippen molar-refractivity contribution >= 4 is 5.97 Å². The average molecular weight is 213 g/mol. The first-order chi connectivity index (χ1) is 7.23. The SMILES string of the molecule is O=C(O)C1(OC2CCC2)CCCNCC1. The van der Waals surface area contributed by atoms with Gasteiger partial charge in [-0.25, -0.2) is 4.79 Å². The molecule has 1 unspecified atom stereocenters. The van der Waals surface area contributed by atoms with Crippen LogP contribution in [0.15, 0.2) is 0 Å². The number of carbonyl (C=O) groups is 1. The lowest BCUT2D eigenvalue weighted by Gasteiger charge is -2.36. The standard InChI is InChI=1S/C11H19NO3/c13-10(14)11(15-9-3-1-4-9)5-2-7-12-8-6-11/h9,12H,1-8H2,(H,13,14). The number of ether oxygens (including phenoxy) is 1. The summed E-state index contributed by atoms with van der Waals surface area (Å²) in [5.41, 5.74) is -0.908.